The largest absolute Gasteiger partial charge is 0.420 e. The molecule has 0 amide bonds. The average Bonchev–Trinajstić information content (AvgIpc) is 3.59. The monoisotopic (exact) mass is 451 g/mol. The number of nitrogens with zero attached hydrogens (tertiary/aromatic N) is 5. The highest BCUT2D eigenvalue weighted by Crippen LogP contribution is 2.34. The van der Waals surface area contributed by atoms with Crippen molar-refractivity contribution >= 4 is 11.8 Å². The first-order valence-electron chi connectivity index (χ1n) is 10.7. The molecule has 1 aliphatic rings. The third kappa shape index (κ3) is 4.10. The number of thioether (sulfide) groups is 1. The van der Waals surface area contributed by atoms with Crippen LogP contribution in [0.3, 0.4) is 0 Å². The summed E-state index contributed by atoms with van der Waals surface area (Å²) in [4.78, 5) is 4.75. The predicted molar refractivity (Wildman–Crippen MR) is 120 cm³/mol. The van der Waals surface area contributed by atoms with Crippen LogP contribution >= 0.6 is 11.8 Å². The lowest BCUT2D eigenvalue weighted by molar-refractivity contribution is 0.0945. The van der Waals surface area contributed by atoms with Crippen LogP contribution in [0.15, 0.2) is 44.4 Å². The zero-order valence-corrected chi connectivity index (χ0v) is 19.2. The summed E-state index contributed by atoms with van der Waals surface area (Å²) < 4.78 is 19.5. The fraction of sp³-hybridized carbons (Fsp3) is 0.391. The molecule has 8 nitrogen and oxygen atoms in total. The summed E-state index contributed by atoms with van der Waals surface area (Å²) in [6.07, 6.45) is 2.47. The second kappa shape index (κ2) is 8.91. The number of hydrogen-bond donors (Lipinski definition) is 0. The molecule has 9 heteroatoms. The molecule has 0 radical (unpaired) electrons. The quantitative estimate of drug-likeness (QED) is 0.363. The summed E-state index contributed by atoms with van der Waals surface area (Å²) in [5, 5.41) is 13.7. The molecule has 0 unspecified atom stereocenters. The van der Waals surface area contributed by atoms with E-state index in [-0.39, 0.29) is 6.10 Å². The molecule has 0 spiro atoms. The van der Waals surface area contributed by atoms with Crippen LogP contribution in [0.4, 0.5) is 0 Å². The summed E-state index contributed by atoms with van der Waals surface area (Å²) in [5.74, 6) is 2.12. The maximum Gasteiger partial charge on any atom is 0.253 e. The molecular weight excluding hydrogens is 426 g/mol. The van der Waals surface area contributed by atoms with Gasteiger partial charge in [0.15, 0.2) is 5.16 Å². The van der Waals surface area contributed by atoms with Gasteiger partial charge in [0.1, 0.15) is 17.0 Å². The molecule has 1 atom stereocenters. The first-order chi connectivity index (χ1) is 15.6. The molecule has 1 aromatic carbocycles. The van der Waals surface area contributed by atoms with Gasteiger partial charge in [0.2, 0.25) is 5.89 Å². The molecule has 0 saturated carbocycles. The Morgan fingerprint density at radius 1 is 1.12 bits per heavy atom. The lowest BCUT2D eigenvalue weighted by Crippen LogP contribution is -2.16. The van der Waals surface area contributed by atoms with Crippen LogP contribution in [0.1, 0.15) is 35.9 Å². The van der Waals surface area contributed by atoms with E-state index in [1.54, 1.807) is 11.8 Å². The smallest absolute Gasteiger partial charge is 0.253 e. The Morgan fingerprint density at radius 3 is 2.75 bits per heavy atom. The van der Waals surface area contributed by atoms with Crippen molar-refractivity contribution < 1.29 is 13.7 Å². The number of aromatic nitrogens is 5. The van der Waals surface area contributed by atoms with Gasteiger partial charge in [-0.15, -0.1) is 10.2 Å². The molecule has 0 bridgehead atoms. The molecule has 32 heavy (non-hydrogen) atoms. The Labute approximate surface area is 190 Å². The highest BCUT2D eigenvalue weighted by atomic mass is 32.2. The van der Waals surface area contributed by atoms with Crippen molar-refractivity contribution in [3.05, 3.63) is 53.4 Å². The minimum Gasteiger partial charge on any atom is -0.420 e. The standard InChI is InChI=1S/C23H25N5O3S/c1-14-15(2)28(12-18-10-7-11-29-18)23(24-14)32-13-19-25-26-22(30-19)20-16(3)31-27-21(20)17-8-5-4-6-9-17/h4-6,8-9,18H,7,10-13H2,1-3H3/t18-/m1/s1. The van der Waals surface area contributed by atoms with Crippen LogP contribution in [0.2, 0.25) is 0 Å². The number of aryl methyl sites for hydroxylation is 2. The molecule has 1 aliphatic heterocycles. The molecule has 1 fully saturated rings. The van der Waals surface area contributed by atoms with E-state index in [4.69, 9.17) is 18.7 Å². The van der Waals surface area contributed by atoms with E-state index in [9.17, 15) is 0 Å². The fourth-order valence-corrected chi connectivity index (χ4v) is 4.84. The Balaban J connectivity index is 1.35. The van der Waals surface area contributed by atoms with Gasteiger partial charge in [0.25, 0.3) is 5.89 Å². The first-order valence-corrected chi connectivity index (χ1v) is 11.7. The number of rotatable bonds is 7. The van der Waals surface area contributed by atoms with E-state index in [0.29, 0.717) is 29.0 Å². The summed E-state index contributed by atoms with van der Waals surface area (Å²) in [5.41, 5.74) is 4.57. The van der Waals surface area contributed by atoms with E-state index in [1.165, 1.54) is 5.69 Å². The van der Waals surface area contributed by atoms with Gasteiger partial charge in [-0.1, -0.05) is 47.3 Å². The van der Waals surface area contributed by atoms with Crippen molar-refractivity contribution in [2.24, 2.45) is 0 Å². The van der Waals surface area contributed by atoms with Crippen molar-refractivity contribution in [3.8, 4) is 22.7 Å². The SMILES string of the molecule is Cc1nc(SCc2nnc(-c3c(-c4ccccc4)noc3C)o2)n(C[C@H]2CCCO2)c1C. The third-order valence-corrected chi connectivity index (χ3v) is 6.71. The van der Waals surface area contributed by atoms with Gasteiger partial charge < -0.3 is 18.2 Å². The minimum absolute atomic E-state index is 0.254. The minimum atomic E-state index is 0.254. The molecule has 3 aromatic heterocycles. The Hall–Kier alpha value is -2.91. The lowest BCUT2D eigenvalue weighted by atomic mass is 10.1. The van der Waals surface area contributed by atoms with Gasteiger partial charge >= 0.3 is 0 Å². The van der Waals surface area contributed by atoms with Crippen molar-refractivity contribution in [3.63, 3.8) is 0 Å². The topological polar surface area (TPSA) is 92.0 Å². The normalized spacial score (nSPS) is 16.2. The van der Waals surface area contributed by atoms with Crippen molar-refractivity contribution in [2.45, 2.75) is 57.2 Å². The highest BCUT2D eigenvalue weighted by molar-refractivity contribution is 7.98. The number of benzene rings is 1. The van der Waals surface area contributed by atoms with Gasteiger partial charge in [-0.2, -0.15) is 0 Å². The highest BCUT2D eigenvalue weighted by Gasteiger charge is 2.23. The van der Waals surface area contributed by atoms with Crippen LogP contribution < -0.4 is 0 Å². The predicted octanol–water partition coefficient (Wildman–Crippen LogP) is 4.98. The summed E-state index contributed by atoms with van der Waals surface area (Å²) in [6.45, 7) is 7.66. The average molecular weight is 452 g/mol. The van der Waals surface area contributed by atoms with Gasteiger partial charge in [0.05, 0.1) is 24.1 Å². The van der Waals surface area contributed by atoms with E-state index >= 15 is 0 Å². The summed E-state index contributed by atoms with van der Waals surface area (Å²) in [7, 11) is 0. The lowest BCUT2D eigenvalue weighted by Gasteiger charge is -2.14. The van der Waals surface area contributed by atoms with Crippen LogP contribution in [0, 0.1) is 20.8 Å². The maximum absolute atomic E-state index is 6.00. The van der Waals surface area contributed by atoms with E-state index in [1.807, 2.05) is 44.2 Å². The summed E-state index contributed by atoms with van der Waals surface area (Å²) >= 11 is 1.59. The molecule has 0 N–H and O–H groups in total. The Kier molecular flexibility index (Phi) is 5.84. The summed E-state index contributed by atoms with van der Waals surface area (Å²) in [6, 6.07) is 9.84. The zero-order valence-electron chi connectivity index (χ0n) is 18.4. The van der Waals surface area contributed by atoms with Gasteiger partial charge in [-0.05, 0) is 33.6 Å². The molecule has 0 aliphatic carbocycles. The number of ether oxygens (including phenoxy) is 1. The molecule has 4 aromatic rings. The first kappa shape index (κ1) is 21.0. The molecule has 5 rings (SSSR count). The van der Waals surface area contributed by atoms with Crippen LogP contribution in [0.5, 0.6) is 0 Å². The number of hydrogen-bond acceptors (Lipinski definition) is 8. The second-order valence-electron chi connectivity index (χ2n) is 7.93. The van der Waals surface area contributed by atoms with Gasteiger partial charge in [0, 0.05) is 17.9 Å². The van der Waals surface area contributed by atoms with Crippen molar-refractivity contribution in [2.75, 3.05) is 6.61 Å². The van der Waals surface area contributed by atoms with Crippen LogP contribution in [-0.4, -0.2) is 37.6 Å². The van der Waals surface area contributed by atoms with Crippen LogP contribution in [0.25, 0.3) is 22.7 Å². The van der Waals surface area contributed by atoms with Crippen molar-refractivity contribution in [1.29, 1.82) is 0 Å². The number of imidazole rings is 1. The van der Waals surface area contributed by atoms with E-state index < -0.39 is 0 Å². The zero-order chi connectivity index (χ0) is 22.1. The third-order valence-electron chi connectivity index (χ3n) is 5.75. The van der Waals surface area contributed by atoms with Crippen molar-refractivity contribution in [1.82, 2.24) is 24.9 Å². The van der Waals surface area contributed by atoms with Gasteiger partial charge in [-0.25, -0.2) is 4.98 Å². The molecule has 4 heterocycles. The Morgan fingerprint density at radius 2 is 1.97 bits per heavy atom. The molecular formula is C23H25N5O3S. The fourth-order valence-electron chi connectivity index (χ4n) is 3.90. The Bertz CT molecular complexity index is 1210. The molecule has 166 valence electrons. The van der Waals surface area contributed by atoms with E-state index in [2.05, 4.69) is 26.8 Å². The van der Waals surface area contributed by atoms with E-state index in [0.717, 1.165) is 48.0 Å². The van der Waals surface area contributed by atoms with Gasteiger partial charge in [-0.3, -0.25) is 0 Å². The maximum atomic E-state index is 6.00. The molecule has 1 saturated heterocycles. The van der Waals surface area contributed by atoms with Crippen LogP contribution in [-0.2, 0) is 17.0 Å². The second-order valence-corrected chi connectivity index (χ2v) is 8.87.